The van der Waals surface area contributed by atoms with Crippen LogP contribution in [0.3, 0.4) is 0 Å². The van der Waals surface area contributed by atoms with Gasteiger partial charge in [0.2, 0.25) is 0 Å². The molecule has 8 bridgehead atoms. The molecule has 6 rings (SSSR count). The standard InChI is InChI=1S/C31H31N4O3.Mg/c1-8-19-16(5)21-10-18-9-13(2)20(32-18)11-22-14(3)15(4)28(34-22)26-27(31(37)38-7)30(36)25-17(6)23(35-29(25)26)12-24(19)33-21;/h9-12,14-15,27H,8H2,1-7H3,(H-,34,35,36);/q-3;+2/p-1/b21-10-,22-11-,24-12-;/t14-,15-,27+;/m0./s1. The summed E-state index contributed by atoms with van der Waals surface area (Å²) in [5.74, 6) is -1.86. The van der Waals surface area contributed by atoms with Crippen LogP contribution in [0, 0.1) is 38.5 Å². The van der Waals surface area contributed by atoms with Gasteiger partial charge in [0.1, 0.15) is 5.92 Å². The minimum atomic E-state index is -1.06. The maximum absolute atomic E-state index is 13.7. The van der Waals surface area contributed by atoms with Crippen LogP contribution in [0.5, 0.6) is 0 Å². The van der Waals surface area contributed by atoms with Crippen molar-refractivity contribution < 1.29 is 14.3 Å². The van der Waals surface area contributed by atoms with Gasteiger partial charge in [0.15, 0.2) is 5.78 Å². The molecule has 0 spiro atoms. The molecule has 3 aliphatic rings. The van der Waals surface area contributed by atoms with Crippen molar-refractivity contribution >= 4 is 58.6 Å². The van der Waals surface area contributed by atoms with Gasteiger partial charge in [-0.1, -0.05) is 72.9 Å². The summed E-state index contributed by atoms with van der Waals surface area (Å²) >= 11 is 0. The molecule has 0 saturated carbocycles. The predicted molar refractivity (Wildman–Crippen MR) is 151 cm³/mol. The van der Waals surface area contributed by atoms with E-state index >= 15 is 0 Å². The number of allylic oxidation sites excluding steroid dienone is 2. The second-order valence-electron chi connectivity index (χ2n) is 10.6. The fourth-order valence-electron chi connectivity index (χ4n) is 6.05. The number of rotatable bonds is 2. The van der Waals surface area contributed by atoms with E-state index in [0.29, 0.717) is 22.5 Å². The van der Waals surface area contributed by atoms with Crippen molar-refractivity contribution in [2.24, 2.45) is 17.8 Å². The van der Waals surface area contributed by atoms with E-state index in [1.807, 2.05) is 32.1 Å². The molecule has 3 aromatic rings. The molecule has 0 aromatic carbocycles. The van der Waals surface area contributed by atoms with Crippen LogP contribution in [0.4, 0.5) is 0 Å². The number of nitrogens with zero attached hydrogens (tertiary/aromatic N) is 4. The summed E-state index contributed by atoms with van der Waals surface area (Å²) in [7, 11) is 1.31. The maximum atomic E-state index is 13.7. The predicted octanol–water partition coefficient (Wildman–Crippen LogP) is 3.03. The smallest absolute Gasteiger partial charge is 0.664 e. The number of aromatic nitrogens is 3. The molecule has 8 heteroatoms. The Kier molecular flexibility index (Phi) is 6.83. The molecule has 2 aliphatic heterocycles. The summed E-state index contributed by atoms with van der Waals surface area (Å²) in [5, 5.41) is 6.75. The molecule has 0 unspecified atom stereocenters. The van der Waals surface area contributed by atoms with Crippen molar-refractivity contribution in [2.45, 2.75) is 48.0 Å². The molecular weight excluding hydrogens is 501 g/mol. The molecule has 1 fully saturated rings. The zero-order valence-electron chi connectivity index (χ0n) is 23.5. The van der Waals surface area contributed by atoms with E-state index < -0.39 is 11.9 Å². The van der Waals surface area contributed by atoms with Gasteiger partial charge in [0.25, 0.3) is 0 Å². The van der Waals surface area contributed by atoms with E-state index in [9.17, 15) is 9.59 Å². The molecule has 1 saturated heterocycles. The summed E-state index contributed by atoms with van der Waals surface area (Å²) in [6.07, 6.45) is 6.83. The normalized spacial score (nSPS) is 26.1. The average molecular weight is 531 g/mol. The topological polar surface area (TPSA) is 99.8 Å². The van der Waals surface area contributed by atoms with E-state index in [2.05, 4.69) is 33.8 Å². The van der Waals surface area contributed by atoms with Gasteiger partial charge in [-0.25, -0.2) is 0 Å². The Bertz CT molecular complexity index is 1730. The molecule has 0 N–H and O–H groups in total. The van der Waals surface area contributed by atoms with Gasteiger partial charge in [-0.3, -0.25) is 9.59 Å². The van der Waals surface area contributed by atoms with Gasteiger partial charge < -0.3 is 25.0 Å². The van der Waals surface area contributed by atoms with Crippen LogP contribution >= 0.6 is 0 Å². The zero-order chi connectivity index (χ0) is 27.0. The number of fused-ring (bicyclic) bond motifs is 7. The van der Waals surface area contributed by atoms with Crippen LogP contribution in [0.15, 0.2) is 17.5 Å². The fourth-order valence-corrected chi connectivity index (χ4v) is 6.05. The number of Topliss-reactive ketones (excluding diaryl/α,β-unsaturated/α-hetero) is 1. The van der Waals surface area contributed by atoms with Gasteiger partial charge in [-0.2, -0.15) is 11.4 Å². The van der Waals surface area contributed by atoms with E-state index in [1.165, 1.54) is 7.11 Å². The summed E-state index contributed by atoms with van der Waals surface area (Å²) < 4.78 is 5.09. The molecule has 39 heavy (non-hydrogen) atoms. The zero-order valence-corrected chi connectivity index (χ0v) is 24.9. The van der Waals surface area contributed by atoms with Crippen LogP contribution in [0.2, 0.25) is 0 Å². The van der Waals surface area contributed by atoms with Gasteiger partial charge >= 0.3 is 29.0 Å². The third-order valence-corrected chi connectivity index (χ3v) is 8.49. The van der Waals surface area contributed by atoms with Gasteiger partial charge in [0.05, 0.1) is 7.11 Å². The Labute approximate surface area is 244 Å². The van der Waals surface area contributed by atoms with Crippen molar-refractivity contribution in [2.75, 3.05) is 7.11 Å². The monoisotopic (exact) mass is 530 g/mol. The maximum Gasteiger partial charge on any atom is 2.00 e. The van der Waals surface area contributed by atoms with Crippen LogP contribution < -0.4 is 25.7 Å². The summed E-state index contributed by atoms with van der Waals surface area (Å²) in [6, 6.07) is 2.07. The first-order valence-corrected chi connectivity index (χ1v) is 13.1. The summed E-state index contributed by atoms with van der Waals surface area (Å²) in [4.78, 5) is 41.5. The first kappa shape index (κ1) is 27.3. The number of hydrogen-bond acceptors (Lipinski definition) is 3. The minimum Gasteiger partial charge on any atom is -0.664 e. The number of carbonyl (C=O) groups is 2. The van der Waals surface area contributed by atoms with Crippen LogP contribution in [-0.4, -0.2) is 41.9 Å². The number of esters is 1. The number of hydrogen-bond donors (Lipinski definition) is 0. The molecule has 196 valence electrons. The Morgan fingerprint density at radius 2 is 1.69 bits per heavy atom. The van der Waals surface area contributed by atoms with Crippen LogP contribution in [0.1, 0.15) is 76.2 Å². The molecular formula is C31H30MgN4O3-2. The molecule has 3 atom stereocenters. The van der Waals surface area contributed by atoms with E-state index in [0.717, 1.165) is 62.2 Å². The molecule has 7 nitrogen and oxygen atoms in total. The first-order chi connectivity index (χ1) is 18.1. The molecule has 1 aliphatic carbocycles. The number of ether oxygens (including phenoxy) is 1. The second kappa shape index (κ2) is 9.75. The number of carbonyl (C=O) groups excluding carboxylic acids is 2. The van der Waals surface area contributed by atoms with Gasteiger partial charge in [-0.05, 0) is 39.0 Å². The van der Waals surface area contributed by atoms with Crippen molar-refractivity contribution in [1.82, 2.24) is 15.0 Å². The average Bonchev–Trinajstić information content (AvgIpc) is 3.63. The Morgan fingerprint density at radius 1 is 0.949 bits per heavy atom. The third-order valence-electron chi connectivity index (χ3n) is 8.49. The third kappa shape index (κ3) is 3.99. The van der Waals surface area contributed by atoms with Crippen LogP contribution in [-0.2, 0) is 16.0 Å². The van der Waals surface area contributed by atoms with Crippen molar-refractivity contribution in [3.63, 3.8) is 0 Å². The van der Waals surface area contributed by atoms with E-state index in [-0.39, 0.29) is 40.7 Å². The van der Waals surface area contributed by atoms with Gasteiger partial charge in [-0.15, -0.1) is 33.5 Å². The number of methoxy groups -OCH3 is 1. The first-order valence-electron chi connectivity index (χ1n) is 13.1. The van der Waals surface area contributed by atoms with Gasteiger partial charge in [0, 0.05) is 5.56 Å². The summed E-state index contributed by atoms with van der Waals surface area (Å²) in [6.45, 7) is 12.3. The minimum absolute atomic E-state index is 0. The van der Waals surface area contributed by atoms with Crippen molar-refractivity contribution in [3.8, 4) is 0 Å². The summed E-state index contributed by atoms with van der Waals surface area (Å²) in [5.41, 5.74) is 9.65. The SMILES string of the molecule is CCc1c(C)/c2[n-]/c1=C\c1[n-]c3c(c1C)C(=O)[C@H](C(=O)OC)/C3=C1/[N-]/C(=C\c3[n-]c(cc3C)\C=2)[C@@H](C)[C@@H]1C.[Mg+2]. The molecule has 5 heterocycles. The molecule has 3 aromatic heterocycles. The second-order valence-corrected chi connectivity index (χ2v) is 10.6. The molecule has 0 radical (unpaired) electrons. The Hall–Kier alpha value is -3.23. The quantitative estimate of drug-likeness (QED) is 0.287. The van der Waals surface area contributed by atoms with Crippen molar-refractivity contribution in [1.29, 1.82) is 0 Å². The largest absolute Gasteiger partial charge is 2.00 e. The Balaban J connectivity index is 0.00000308. The van der Waals surface area contributed by atoms with Crippen LogP contribution in [0.25, 0.3) is 29.1 Å². The van der Waals surface area contributed by atoms with Crippen molar-refractivity contribution in [3.05, 3.63) is 84.1 Å². The Morgan fingerprint density at radius 3 is 2.38 bits per heavy atom. The fraction of sp³-hybridized carbons (Fsp3) is 0.355. The molecule has 0 amide bonds. The number of ketones is 1. The number of aryl methyl sites for hydroxylation is 1. The van der Waals surface area contributed by atoms with E-state index in [1.54, 1.807) is 0 Å². The van der Waals surface area contributed by atoms with E-state index in [4.69, 9.17) is 25.0 Å².